The fourth-order valence-corrected chi connectivity index (χ4v) is 10.4. The van der Waals surface area contributed by atoms with Crippen LogP contribution in [0.4, 0.5) is 0 Å². The lowest BCUT2D eigenvalue weighted by molar-refractivity contribution is 1.31. The first-order valence-corrected chi connectivity index (χ1v) is 21.8. The molecule has 0 bridgehead atoms. The van der Waals surface area contributed by atoms with Crippen molar-refractivity contribution in [3.8, 4) is 11.1 Å². The van der Waals surface area contributed by atoms with E-state index in [4.69, 9.17) is 26.6 Å². The molecule has 0 aliphatic heterocycles. The molecule has 298 valence electrons. The summed E-state index contributed by atoms with van der Waals surface area (Å²) in [4.78, 5) is 14.9. The number of imidazole rings is 3. The molecule has 64 heavy (non-hydrogen) atoms. The van der Waals surface area contributed by atoms with Gasteiger partial charge in [-0.15, -0.1) is 0 Å². The van der Waals surface area contributed by atoms with Crippen molar-refractivity contribution >= 4 is 127 Å². The minimum absolute atomic E-state index is 0.751. The van der Waals surface area contributed by atoms with Gasteiger partial charge in [-0.05, 0) is 106 Å². The maximum absolute atomic E-state index is 6.24. The minimum atomic E-state index is 0.751. The third kappa shape index (κ3) is 5.00. The lowest BCUT2D eigenvalue weighted by Crippen LogP contribution is -1.93. The van der Waals surface area contributed by atoms with Crippen LogP contribution in [0, 0.1) is 0 Å². The molecule has 0 aliphatic rings. The Labute approximate surface area is 369 Å². The van der Waals surface area contributed by atoms with Gasteiger partial charge >= 0.3 is 0 Å². The zero-order valence-corrected chi connectivity index (χ0v) is 34.9. The summed E-state index contributed by atoms with van der Waals surface area (Å²) in [5.74, 6) is 0. The molecule has 0 fully saturated rings. The second-order valence-electron chi connectivity index (χ2n) is 16.5. The number of para-hydroxylation sites is 6. The molecule has 0 atom stereocenters. The van der Waals surface area contributed by atoms with Gasteiger partial charge in [0.1, 0.15) is 16.9 Å². The second-order valence-corrected chi connectivity index (χ2v) is 17.0. The molecular weight excluding hydrogens is 804 g/mol. The minimum Gasteiger partial charge on any atom is -0.292 e. The molecule has 9 aromatic carbocycles. The van der Waals surface area contributed by atoms with Crippen LogP contribution in [0.15, 0.2) is 200 Å². The van der Waals surface area contributed by atoms with Crippen LogP contribution in [0.1, 0.15) is 0 Å². The maximum Gasteiger partial charge on any atom is 0.146 e. The first-order valence-electron chi connectivity index (χ1n) is 21.5. The number of fused-ring (bicyclic) bond motifs is 24. The summed E-state index contributed by atoms with van der Waals surface area (Å²) in [5.41, 5.74) is 15.3. The Morgan fingerprint density at radius 3 is 0.969 bits per heavy atom. The average Bonchev–Trinajstić information content (AvgIpc) is 4.07. The zero-order valence-electron chi connectivity index (χ0n) is 34.1. The Hall–Kier alpha value is -8.32. The summed E-state index contributed by atoms with van der Waals surface area (Å²) < 4.78 is 6.85. The highest BCUT2D eigenvalue weighted by atomic mass is 35.5. The predicted molar refractivity (Wildman–Crippen MR) is 267 cm³/mol. The zero-order chi connectivity index (χ0) is 42.0. The Bertz CT molecular complexity index is 4270. The van der Waals surface area contributed by atoms with E-state index in [9.17, 15) is 0 Å². The van der Waals surface area contributed by atoms with Crippen LogP contribution in [-0.4, -0.2) is 28.2 Å². The van der Waals surface area contributed by atoms with Crippen molar-refractivity contribution in [3.63, 3.8) is 0 Å². The van der Waals surface area contributed by atoms with E-state index in [1.54, 1.807) is 0 Å². The molecular formula is C57H33ClN6. The number of hydrogen-bond acceptors (Lipinski definition) is 3. The number of aromatic nitrogens is 6. The van der Waals surface area contributed by atoms with Crippen LogP contribution >= 0.6 is 11.6 Å². The van der Waals surface area contributed by atoms with Gasteiger partial charge in [-0.2, -0.15) is 0 Å². The normalized spacial score (nSPS) is 12.1. The van der Waals surface area contributed by atoms with Crippen LogP contribution < -0.4 is 0 Å². The second kappa shape index (κ2) is 13.3. The molecule has 0 amide bonds. The molecule has 6 aromatic heterocycles. The number of benzene rings is 9. The van der Waals surface area contributed by atoms with Crippen LogP contribution in [0.25, 0.3) is 126 Å². The van der Waals surface area contributed by atoms with Crippen LogP contribution in [-0.2, 0) is 0 Å². The van der Waals surface area contributed by atoms with Crippen LogP contribution in [0.5, 0.6) is 0 Å². The lowest BCUT2D eigenvalue weighted by atomic mass is 9.97. The first-order chi connectivity index (χ1) is 31.7. The van der Waals surface area contributed by atoms with Gasteiger partial charge in [0.15, 0.2) is 0 Å². The smallest absolute Gasteiger partial charge is 0.146 e. The van der Waals surface area contributed by atoms with Gasteiger partial charge in [0, 0.05) is 37.3 Å². The molecule has 6 nitrogen and oxygen atoms in total. The van der Waals surface area contributed by atoms with E-state index in [-0.39, 0.29) is 0 Å². The van der Waals surface area contributed by atoms with E-state index in [2.05, 4.69) is 189 Å². The van der Waals surface area contributed by atoms with Crippen molar-refractivity contribution in [2.75, 3.05) is 0 Å². The van der Waals surface area contributed by atoms with Crippen LogP contribution in [0.3, 0.4) is 0 Å². The number of halogens is 1. The Balaban J connectivity index is 0.000000151. The monoisotopic (exact) mass is 836 g/mol. The van der Waals surface area contributed by atoms with Crippen molar-refractivity contribution in [1.82, 2.24) is 28.2 Å². The van der Waals surface area contributed by atoms with Crippen molar-refractivity contribution in [2.24, 2.45) is 0 Å². The van der Waals surface area contributed by atoms with Gasteiger partial charge in [-0.1, -0.05) is 133 Å². The molecule has 0 aliphatic carbocycles. The fourth-order valence-electron chi connectivity index (χ4n) is 10.3. The third-order valence-electron chi connectivity index (χ3n) is 13.1. The predicted octanol–water partition coefficient (Wildman–Crippen LogP) is 15.0. The molecule has 0 radical (unpaired) electrons. The Kier molecular flexibility index (Phi) is 7.36. The number of hydrogen-bond donors (Lipinski definition) is 0. The summed E-state index contributed by atoms with van der Waals surface area (Å²) in [6, 6.07) is 70.4. The highest BCUT2D eigenvalue weighted by Crippen LogP contribution is 2.38. The fraction of sp³-hybridized carbons (Fsp3) is 0. The van der Waals surface area contributed by atoms with Gasteiger partial charge in [0.05, 0.1) is 49.7 Å². The summed E-state index contributed by atoms with van der Waals surface area (Å²) >= 11 is 6.24. The third-order valence-corrected chi connectivity index (χ3v) is 13.3. The van der Waals surface area contributed by atoms with Gasteiger partial charge in [-0.3, -0.25) is 13.2 Å². The quantitative estimate of drug-likeness (QED) is 0.155. The molecule has 15 aromatic rings. The maximum atomic E-state index is 6.24. The molecule has 0 saturated heterocycles. The SMILES string of the molecule is Clc1ccc2c(c1)c1ccccc1c1nc3ccccc3n21.c1ccc2c(c1)nc1c3ccccc3c3cc(-c4ccc5c(c4)c4ccccc4c4nc6ccccc6n54)ccc3n21. The van der Waals surface area contributed by atoms with E-state index < -0.39 is 0 Å². The largest absolute Gasteiger partial charge is 0.292 e. The van der Waals surface area contributed by atoms with Gasteiger partial charge < -0.3 is 0 Å². The Morgan fingerprint density at radius 2 is 0.578 bits per heavy atom. The van der Waals surface area contributed by atoms with Crippen molar-refractivity contribution in [3.05, 3.63) is 205 Å². The summed E-state index contributed by atoms with van der Waals surface area (Å²) in [5, 5.41) is 11.4. The summed E-state index contributed by atoms with van der Waals surface area (Å²) in [6.45, 7) is 0. The molecule has 7 heteroatoms. The molecule has 0 N–H and O–H groups in total. The molecule has 0 unspecified atom stereocenters. The van der Waals surface area contributed by atoms with Crippen LogP contribution in [0.2, 0.25) is 5.02 Å². The number of pyridine rings is 3. The van der Waals surface area contributed by atoms with Gasteiger partial charge in [-0.25, -0.2) is 15.0 Å². The first kappa shape index (κ1) is 35.3. The number of nitrogens with zero attached hydrogens (tertiary/aromatic N) is 6. The van der Waals surface area contributed by atoms with Gasteiger partial charge in [0.2, 0.25) is 0 Å². The van der Waals surface area contributed by atoms with Crippen molar-refractivity contribution in [1.29, 1.82) is 0 Å². The van der Waals surface area contributed by atoms with E-state index >= 15 is 0 Å². The van der Waals surface area contributed by atoms with E-state index in [0.29, 0.717) is 0 Å². The molecule has 0 spiro atoms. The highest BCUT2D eigenvalue weighted by molar-refractivity contribution is 6.32. The highest BCUT2D eigenvalue weighted by Gasteiger charge is 2.17. The summed E-state index contributed by atoms with van der Waals surface area (Å²) in [7, 11) is 0. The van der Waals surface area contributed by atoms with Gasteiger partial charge in [0.25, 0.3) is 0 Å². The number of rotatable bonds is 1. The van der Waals surface area contributed by atoms with Crippen molar-refractivity contribution < 1.29 is 0 Å². The molecule has 0 saturated carbocycles. The van der Waals surface area contributed by atoms with E-state index in [1.807, 2.05) is 24.3 Å². The van der Waals surface area contributed by atoms with E-state index in [0.717, 1.165) is 82.1 Å². The molecule has 6 heterocycles. The topological polar surface area (TPSA) is 51.9 Å². The van der Waals surface area contributed by atoms with Crippen molar-refractivity contribution in [2.45, 2.75) is 0 Å². The lowest BCUT2D eigenvalue weighted by Gasteiger charge is -2.13. The van der Waals surface area contributed by atoms with E-state index in [1.165, 1.54) is 49.1 Å². The molecule has 15 rings (SSSR count). The average molecular weight is 837 g/mol. The standard InChI is InChI=1S/C38H22N4.C19H11ClN2/c1-3-11-27-25(9-1)29-21-23(17-19-33(29)41-35-15-7-5-13-31(35)39-37(27)41)24-18-20-34-30(22-24)26-10-2-4-12-28(26)38-40-32-14-6-8-16-36(32)42(34)38;20-12-9-10-17-15(11-12)13-5-1-2-6-14(13)19-21-16-7-3-4-8-18(16)22(17)19/h1-22H;1-11H. The summed E-state index contributed by atoms with van der Waals surface area (Å²) in [6.07, 6.45) is 0. The Morgan fingerprint density at radius 1 is 0.266 bits per heavy atom.